The normalized spacial score (nSPS) is 16.9. The van der Waals surface area contributed by atoms with E-state index in [1.807, 2.05) is 13.8 Å². The van der Waals surface area contributed by atoms with E-state index in [0.717, 1.165) is 39.3 Å². The number of rotatable bonds is 8. The Bertz CT molecular complexity index is 282. The van der Waals surface area contributed by atoms with Crippen molar-refractivity contribution < 1.29 is 19.1 Å². The molecule has 0 aliphatic carbocycles. The quantitative estimate of drug-likeness (QED) is 0.617. The highest BCUT2D eigenvalue weighted by molar-refractivity contribution is 5.69. The van der Waals surface area contributed by atoms with E-state index in [2.05, 4.69) is 9.80 Å². The number of hydrogen-bond acceptors (Lipinski definition) is 6. The molecule has 6 nitrogen and oxygen atoms in total. The molecule has 0 aromatic rings. The second-order valence-corrected chi connectivity index (χ2v) is 4.84. The predicted octanol–water partition coefficient (Wildman–Crippen LogP) is 0.858. The lowest BCUT2D eigenvalue weighted by Gasteiger charge is -2.35. The topological polar surface area (TPSA) is 59.1 Å². The SMILES string of the molecule is CCOC(=O)CCN1CCCN(CCC(=O)OCC)C1. The summed E-state index contributed by atoms with van der Waals surface area (Å²) in [7, 11) is 0. The van der Waals surface area contributed by atoms with Gasteiger partial charge in [-0.3, -0.25) is 19.4 Å². The van der Waals surface area contributed by atoms with Crippen LogP contribution in [-0.2, 0) is 19.1 Å². The van der Waals surface area contributed by atoms with Crippen LogP contribution >= 0.6 is 0 Å². The molecule has 1 saturated heterocycles. The zero-order valence-corrected chi connectivity index (χ0v) is 12.6. The molecule has 1 fully saturated rings. The first-order chi connectivity index (χ1) is 9.65. The van der Waals surface area contributed by atoms with Crippen molar-refractivity contribution in [3.63, 3.8) is 0 Å². The molecule has 1 heterocycles. The van der Waals surface area contributed by atoms with Gasteiger partial charge in [0.25, 0.3) is 0 Å². The third kappa shape index (κ3) is 6.86. The van der Waals surface area contributed by atoms with Gasteiger partial charge in [-0.1, -0.05) is 0 Å². The van der Waals surface area contributed by atoms with Crippen LogP contribution < -0.4 is 0 Å². The summed E-state index contributed by atoms with van der Waals surface area (Å²) in [5.74, 6) is -0.285. The number of carbonyl (C=O) groups is 2. The standard InChI is InChI=1S/C14H26N2O4/c1-3-19-13(17)6-10-15-8-5-9-16(12-15)11-7-14(18)20-4-2/h3-12H2,1-2H3. The van der Waals surface area contributed by atoms with Crippen molar-refractivity contribution in [3.05, 3.63) is 0 Å². The van der Waals surface area contributed by atoms with Crippen LogP contribution in [0.2, 0.25) is 0 Å². The van der Waals surface area contributed by atoms with E-state index in [-0.39, 0.29) is 11.9 Å². The molecule has 1 rings (SSSR count). The van der Waals surface area contributed by atoms with E-state index in [1.165, 1.54) is 0 Å². The second-order valence-electron chi connectivity index (χ2n) is 4.84. The fourth-order valence-corrected chi connectivity index (χ4v) is 2.27. The van der Waals surface area contributed by atoms with Crippen LogP contribution in [-0.4, -0.2) is 67.8 Å². The summed E-state index contributed by atoms with van der Waals surface area (Å²) in [6.45, 7) is 8.73. The largest absolute Gasteiger partial charge is 0.466 e. The second kappa shape index (κ2) is 9.72. The lowest BCUT2D eigenvalue weighted by molar-refractivity contribution is -0.144. The van der Waals surface area contributed by atoms with Crippen molar-refractivity contribution in [3.8, 4) is 0 Å². The summed E-state index contributed by atoms with van der Waals surface area (Å²) in [6, 6.07) is 0. The van der Waals surface area contributed by atoms with E-state index >= 15 is 0 Å². The minimum absolute atomic E-state index is 0.142. The molecule has 0 amide bonds. The molecule has 0 unspecified atom stereocenters. The summed E-state index contributed by atoms with van der Waals surface area (Å²) in [5, 5.41) is 0. The molecule has 0 aromatic heterocycles. The predicted molar refractivity (Wildman–Crippen MR) is 75.1 cm³/mol. The fourth-order valence-electron chi connectivity index (χ4n) is 2.27. The third-order valence-corrected chi connectivity index (χ3v) is 3.22. The van der Waals surface area contributed by atoms with Gasteiger partial charge in [0.05, 0.1) is 32.7 Å². The molecule has 0 saturated carbocycles. The minimum atomic E-state index is -0.142. The Hall–Kier alpha value is -1.14. The maximum absolute atomic E-state index is 11.3. The Balaban J connectivity index is 2.21. The summed E-state index contributed by atoms with van der Waals surface area (Å²) in [4.78, 5) is 27.1. The van der Waals surface area contributed by atoms with Crippen molar-refractivity contribution in [1.29, 1.82) is 0 Å². The van der Waals surface area contributed by atoms with Crippen LogP contribution in [0, 0.1) is 0 Å². The molecule has 0 aromatic carbocycles. The van der Waals surface area contributed by atoms with Crippen molar-refractivity contribution >= 4 is 11.9 Å². The van der Waals surface area contributed by atoms with Crippen molar-refractivity contribution in [1.82, 2.24) is 9.80 Å². The number of hydrogen-bond donors (Lipinski definition) is 0. The van der Waals surface area contributed by atoms with Gasteiger partial charge in [0.1, 0.15) is 0 Å². The Morgan fingerprint density at radius 3 is 1.75 bits per heavy atom. The Kier molecular flexibility index (Phi) is 8.22. The lowest BCUT2D eigenvalue weighted by atomic mass is 10.2. The molecule has 0 spiro atoms. The third-order valence-electron chi connectivity index (χ3n) is 3.22. The molecule has 0 atom stereocenters. The summed E-state index contributed by atoms with van der Waals surface area (Å²) >= 11 is 0. The summed E-state index contributed by atoms with van der Waals surface area (Å²) in [6.07, 6.45) is 1.92. The van der Waals surface area contributed by atoms with Gasteiger partial charge in [0.15, 0.2) is 0 Å². The van der Waals surface area contributed by atoms with Gasteiger partial charge in [-0.05, 0) is 20.3 Å². The number of ether oxygens (including phenoxy) is 2. The van der Waals surface area contributed by atoms with E-state index in [0.29, 0.717) is 26.1 Å². The van der Waals surface area contributed by atoms with Crippen molar-refractivity contribution in [2.45, 2.75) is 33.1 Å². The van der Waals surface area contributed by atoms with Crippen LogP contribution in [0.15, 0.2) is 0 Å². The molecular formula is C14H26N2O4. The first-order valence-corrected chi connectivity index (χ1v) is 7.41. The van der Waals surface area contributed by atoms with Crippen LogP contribution in [0.3, 0.4) is 0 Å². The number of carbonyl (C=O) groups excluding carboxylic acids is 2. The van der Waals surface area contributed by atoms with Gasteiger partial charge in [-0.25, -0.2) is 0 Å². The van der Waals surface area contributed by atoms with E-state index in [4.69, 9.17) is 9.47 Å². The van der Waals surface area contributed by atoms with Crippen LogP contribution in [0.1, 0.15) is 33.1 Å². The van der Waals surface area contributed by atoms with Gasteiger partial charge in [-0.2, -0.15) is 0 Å². The zero-order valence-electron chi connectivity index (χ0n) is 12.6. The summed E-state index contributed by atoms with van der Waals surface area (Å²) in [5.41, 5.74) is 0. The fraction of sp³-hybridized carbons (Fsp3) is 0.857. The number of esters is 2. The summed E-state index contributed by atoms with van der Waals surface area (Å²) < 4.78 is 9.85. The molecule has 6 heteroatoms. The molecular weight excluding hydrogens is 260 g/mol. The van der Waals surface area contributed by atoms with Crippen LogP contribution in [0.25, 0.3) is 0 Å². The Morgan fingerprint density at radius 1 is 0.900 bits per heavy atom. The monoisotopic (exact) mass is 286 g/mol. The van der Waals surface area contributed by atoms with Crippen LogP contribution in [0.5, 0.6) is 0 Å². The van der Waals surface area contributed by atoms with Crippen molar-refractivity contribution in [2.24, 2.45) is 0 Å². The highest BCUT2D eigenvalue weighted by Gasteiger charge is 2.18. The van der Waals surface area contributed by atoms with E-state index in [9.17, 15) is 9.59 Å². The maximum atomic E-state index is 11.3. The minimum Gasteiger partial charge on any atom is -0.466 e. The molecule has 1 aliphatic heterocycles. The Labute approximate surface area is 121 Å². The first-order valence-electron chi connectivity index (χ1n) is 7.41. The highest BCUT2D eigenvalue weighted by Crippen LogP contribution is 2.07. The first kappa shape index (κ1) is 16.9. The van der Waals surface area contributed by atoms with E-state index in [1.54, 1.807) is 0 Å². The zero-order chi connectivity index (χ0) is 14.8. The molecule has 0 bridgehead atoms. The van der Waals surface area contributed by atoms with Crippen LogP contribution in [0.4, 0.5) is 0 Å². The van der Waals surface area contributed by atoms with E-state index < -0.39 is 0 Å². The van der Waals surface area contributed by atoms with Gasteiger partial charge < -0.3 is 9.47 Å². The van der Waals surface area contributed by atoms with Gasteiger partial charge in [0, 0.05) is 26.2 Å². The lowest BCUT2D eigenvalue weighted by Crippen LogP contribution is -2.46. The van der Waals surface area contributed by atoms with Gasteiger partial charge in [-0.15, -0.1) is 0 Å². The smallest absolute Gasteiger partial charge is 0.307 e. The average molecular weight is 286 g/mol. The van der Waals surface area contributed by atoms with Gasteiger partial charge >= 0.3 is 11.9 Å². The maximum Gasteiger partial charge on any atom is 0.307 e. The Morgan fingerprint density at radius 2 is 1.35 bits per heavy atom. The average Bonchev–Trinajstić information content (AvgIpc) is 2.44. The molecule has 20 heavy (non-hydrogen) atoms. The highest BCUT2D eigenvalue weighted by atomic mass is 16.5. The molecule has 116 valence electrons. The molecule has 0 radical (unpaired) electrons. The van der Waals surface area contributed by atoms with Gasteiger partial charge in [0.2, 0.25) is 0 Å². The number of nitrogens with zero attached hydrogens (tertiary/aromatic N) is 2. The molecule has 0 N–H and O–H groups in total. The molecule has 1 aliphatic rings. The van der Waals surface area contributed by atoms with Crippen molar-refractivity contribution in [2.75, 3.05) is 46.1 Å².